The third-order valence-electron chi connectivity index (χ3n) is 4.28. The Labute approximate surface area is 113 Å². The first-order chi connectivity index (χ1) is 9.32. The third-order valence-corrected chi connectivity index (χ3v) is 4.28. The number of quaternary nitrogens is 1. The largest absolute Gasteiger partial charge is 0.396 e. The van der Waals surface area contributed by atoms with Crippen LogP contribution in [0.25, 0.3) is 0 Å². The minimum absolute atomic E-state index is 0.0856. The number of benzene rings is 1. The fraction of sp³-hybridized carbons (Fsp3) is 0.600. The molecule has 4 nitrogen and oxygen atoms in total. The molecule has 0 aliphatic carbocycles. The average molecular weight is 264 g/mol. The summed E-state index contributed by atoms with van der Waals surface area (Å²) in [5, 5.41) is 9.63. The van der Waals surface area contributed by atoms with Gasteiger partial charge in [-0.05, 0) is 0 Å². The summed E-state index contributed by atoms with van der Waals surface area (Å²) < 4.78 is 11.6. The molecule has 2 aliphatic heterocycles. The number of piperidine rings is 1. The Balaban J connectivity index is 1.65. The zero-order valence-corrected chi connectivity index (χ0v) is 11.2. The highest BCUT2D eigenvalue weighted by molar-refractivity contribution is 5.13. The monoisotopic (exact) mass is 264 g/mol. The first-order valence-corrected chi connectivity index (χ1v) is 7.09. The maximum atomic E-state index is 9.63. The summed E-state index contributed by atoms with van der Waals surface area (Å²) in [6.07, 6.45) is 0.875. The van der Waals surface area contributed by atoms with Gasteiger partial charge in [-0.1, -0.05) is 30.3 Å². The Bertz CT molecular complexity index is 403. The molecule has 2 fully saturated rings. The lowest BCUT2D eigenvalue weighted by atomic mass is 9.91. The van der Waals surface area contributed by atoms with Crippen LogP contribution in [0.2, 0.25) is 0 Å². The quantitative estimate of drug-likeness (QED) is 0.796. The Morgan fingerprint density at radius 3 is 2.63 bits per heavy atom. The van der Waals surface area contributed by atoms with Gasteiger partial charge in [-0.2, -0.15) is 0 Å². The molecule has 0 bridgehead atoms. The van der Waals surface area contributed by atoms with E-state index in [9.17, 15) is 5.11 Å². The van der Waals surface area contributed by atoms with Gasteiger partial charge in [0, 0.05) is 5.56 Å². The molecule has 1 unspecified atom stereocenters. The number of hydrogen-bond acceptors (Lipinski definition) is 3. The van der Waals surface area contributed by atoms with Crippen molar-refractivity contribution < 1.29 is 19.5 Å². The van der Waals surface area contributed by atoms with Crippen LogP contribution >= 0.6 is 0 Å². The number of aliphatic hydroxyl groups excluding tert-OH is 1. The summed E-state index contributed by atoms with van der Waals surface area (Å²) >= 11 is 0. The zero-order chi connectivity index (χ0) is 13.1. The molecule has 0 aromatic heterocycles. The molecule has 2 saturated heterocycles. The number of hydrogen-bond donors (Lipinski definition) is 2. The molecule has 0 radical (unpaired) electrons. The molecule has 4 heteroatoms. The van der Waals surface area contributed by atoms with Crippen LogP contribution in [0.15, 0.2) is 30.3 Å². The molecule has 0 amide bonds. The predicted octanol–water partition coefficient (Wildman–Crippen LogP) is -0.173. The van der Waals surface area contributed by atoms with E-state index >= 15 is 0 Å². The lowest BCUT2D eigenvalue weighted by Crippen LogP contribution is -3.13. The van der Waals surface area contributed by atoms with E-state index in [2.05, 4.69) is 24.3 Å². The van der Waals surface area contributed by atoms with E-state index in [0.29, 0.717) is 13.2 Å². The lowest BCUT2D eigenvalue weighted by Gasteiger charge is -2.41. The maximum absolute atomic E-state index is 9.63. The SMILES string of the molecule is OC[C@H]1C[NH+](Cc2ccccc2)CCC12OCCO2. The second-order valence-corrected chi connectivity index (χ2v) is 5.50. The van der Waals surface area contributed by atoms with Crippen LogP contribution in [0.1, 0.15) is 12.0 Å². The molecule has 1 aromatic carbocycles. The van der Waals surface area contributed by atoms with E-state index in [-0.39, 0.29) is 12.5 Å². The highest BCUT2D eigenvalue weighted by Crippen LogP contribution is 2.32. The van der Waals surface area contributed by atoms with E-state index in [1.807, 2.05) is 6.07 Å². The highest BCUT2D eigenvalue weighted by atomic mass is 16.7. The van der Waals surface area contributed by atoms with Gasteiger partial charge in [-0.25, -0.2) is 0 Å². The van der Waals surface area contributed by atoms with E-state index < -0.39 is 5.79 Å². The van der Waals surface area contributed by atoms with Crippen molar-refractivity contribution >= 4 is 0 Å². The van der Waals surface area contributed by atoms with Gasteiger partial charge in [0.25, 0.3) is 0 Å². The smallest absolute Gasteiger partial charge is 0.184 e. The predicted molar refractivity (Wildman–Crippen MR) is 70.7 cm³/mol. The van der Waals surface area contributed by atoms with E-state index in [1.54, 1.807) is 0 Å². The average Bonchev–Trinajstić information content (AvgIpc) is 2.92. The first-order valence-electron chi connectivity index (χ1n) is 7.09. The second kappa shape index (κ2) is 5.59. The van der Waals surface area contributed by atoms with Crippen molar-refractivity contribution in [2.45, 2.75) is 18.8 Å². The lowest BCUT2D eigenvalue weighted by molar-refractivity contribution is -0.926. The number of likely N-dealkylation sites (tertiary alicyclic amines) is 1. The molecule has 1 aromatic rings. The van der Waals surface area contributed by atoms with Gasteiger partial charge in [0.05, 0.1) is 45.2 Å². The summed E-state index contributed by atoms with van der Waals surface area (Å²) in [6.45, 7) is 4.40. The van der Waals surface area contributed by atoms with Gasteiger partial charge in [-0.15, -0.1) is 0 Å². The molecule has 1 spiro atoms. The molecular weight excluding hydrogens is 242 g/mol. The second-order valence-electron chi connectivity index (χ2n) is 5.50. The molecule has 2 heterocycles. The third kappa shape index (κ3) is 2.67. The van der Waals surface area contributed by atoms with Gasteiger partial charge in [0.15, 0.2) is 5.79 Å². The van der Waals surface area contributed by atoms with Crippen molar-refractivity contribution in [3.63, 3.8) is 0 Å². The van der Waals surface area contributed by atoms with Crippen LogP contribution in [0.4, 0.5) is 0 Å². The Kier molecular flexibility index (Phi) is 3.84. The standard InChI is InChI=1S/C15H21NO3/c17-12-14-11-16(10-13-4-2-1-3-5-13)7-6-15(14)18-8-9-19-15/h1-5,14,17H,6-12H2/p+1/t14-/m1/s1. The van der Waals surface area contributed by atoms with Crippen LogP contribution in [-0.2, 0) is 16.0 Å². The molecule has 0 saturated carbocycles. The maximum Gasteiger partial charge on any atom is 0.184 e. The number of aliphatic hydroxyl groups is 1. The highest BCUT2D eigenvalue weighted by Gasteiger charge is 2.49. The Morgan fingerprint density at radius 2 is 1.95 bits per heavy atom. The Hall–Kier alpha value is -0.940. The number of ether oxygens (including phenoxy) is 2. The van der Waals surface area contributed by atoms with Crippen LogP contribution < -0.4 is 4.90 Å². The fourth-order valence-corrected chi connectivity index (χ4v) is 3.26. The molecule has 2 atom stereocenters. The summed E-state index contributed by atoms with van der Waals surface area (Å²) in [4.78, 5) is 1.50. The van der Waals surface area contributed by atoms with E-state index in [0.717, 1.165) is 26.1 Å². The van der Waals surface area contributed by atoms with E-state index in [1.165, 1.54) is 10.5 Å². The van der Waals surface area contributed by atoms with Crippen molar-refractivity contribution in [3.05, 3.63) is 35.9 Å². The summed E-state index contributed by atoms with van der Waals surface area (Å²) in [5.74, 6) is -0.419. The van der Waals surface area contributed by atoms with Crippen molar-refractivity contribution in [2.24, 2.45) is 5.92 Å². The van der Waals surface area contributed by atoms with Gasteiger partial charge < -0.3 is 19.5 Å². The van der Waals surface area contributed by atoms with Crippen LogP contribution in [-0.4, -0.2) is 43.8 Å². The Morgan fingerprint density at radius 1 is 1.21 bits per heavy atom. The van der Waals surface area contributed by atoms with Crippen molar-refractivity contribution in [1.29, 1.82) is 0 Å². The molecule has 2 aliphatic rings. The van der Waals surface area contributed by atoms with Crippen LogP contribution in [0, 0.1) is 5.92 Å². The van der Waals surface area contributed by atoms with Crippen molar-refractivity contribution in [3.8, 4) is 0 Å². The van der Waals surface area contributed by atoms with Crippen LogP contribution in [0.5, 0.6) is 0 Å². The fourth-order valence-electron chi connectivity index (χ4n) is 3.26. The van der Waals surface area contributed by atoms with E-state index in [4.69, 9.17) is 9.47 Å². The molecular formula is C15H22NO3+. The number of nitrogens with one attached hydrogen (secondary N) is 1. The van der Waals surface area contributed by atoms with Crippen molar-refractivity contribution in [2.75, 3.05) is 32.9 Å². The number of rotatable bonds is 3. The summed E-state index contributed by atoms with van der Waals surface area (Å²) in [5.41, 5.74) is 1.35. The normalized spacial score (nSPS) is 29.7. The van der Waals surface area contributed by atoms with Gasteiger partial charge in [-0.3, -0.25) is 0 Å². The minimum atomic E-state index is -0.505. The van der Waals surface area contributed by atoms with Crippen LogP contribution in [0.3, 0.4) is 0 Å². The van der Waals surface area contributed by atoms with Crippen molar-refractivity contribution in [1.82, 2.24) is 0 Å². The van der Waals surface area contributed by atoms with Gasteiger partial charge in [0.1, 0.15) is 6.54 Å². The topological polar surface area (TPSA) is 43.1 Å². The molecule has 19 heavy (non-hydrogen) atoms. The van der Waals surface area contributed by atoms with Gasteiger partial charge >= 0.3 is 0 Å². The van der Waals surface area contributed by atoms with Gasteiger partial charge in [0.2, 0.25) is 0 Å². The molecule has 104 valence electrons. The molecule has 3 rings (SSSR count). The summed E-state index contributed by atoms with van der Waals surface area (Å²) in [7, 11) is 0. The first kappa shape index (κ1) is 13.1. The minimum Gasteiger partial charge on any atom is -0.396 e. The summed E-state index contributed by atoms with van der Waals surface area (Å²) in [6, 6.07) is 10.5. The zero-order valence-electron chi connectivity index (χ0n) is 11.2. The molecule has 2 N–H and O–H groups in total.